The van der Waals surface area contributed by atoms with E-state index in [1.807, 2.05) is 6.07 Å². The minimum Gasteiger partial charge on any atom is -0.363 e. The maximum Gasteiger partial charge on any atom is 0.229 e. The van der Waals surface area contributed by atoms with E-state index in [0.29, 0.717) is 12.0 Å². The summed E-state index contributed by atoms with van der Waals surface area (Å²) >= 11 is 0. The second kappa shape index (κ2) is 9.20. The molecule has 3 aliphatic carbocycles. The zero-order chi connectivity index (χ0) is 24.8. The summed E-state index contributed by atoms with van der Waals surface area (Å²) in [5.41, 5.74) is 1.94. The molecule has 9 heteroatoms. The number of halogens is 1. The summed E-state index contributed by atoms with van der Waals surface area (Å²) in [4.78, 5) is 23.7. The lowest BCUT2D eigenvalue weighted by Crippen LogP contribution is -2.44. The van der Waals surface area contributed by atoms with E-state index in [9.17, 15) is 9.18 Å². The number of nitrogens with one attached hydrogen (secondary N) is 3. The molecule has 36 heavy (non-hydrogen) atoms. The molecule has 0 saturated heterocycles. The third-order valence-corrected chi connectivity index (χ3v) is 7.55. The summed E-state index contributed by atoms with van der Waals surface area (Å²) in [5.74, 6) is 0.119. The zero-order valence-corrected chi connectivity index (χ0v) is 20.6. The molecule has 2 bridgehead atoms. The number of allylic oxidation sites excluding steroid dienone is 1. The first kappa shape index (κ1) is 23.0. The van der Waals surface area contributed by atoms with Gasteiger partial charge in [-0.3, -0.25) is 4.79 Å². The van der Waals surface area contributed by atoms with Gasteiger partial charge in [-0.25, -0.2) is 9.37 Å². The second-order valence-corrected chi connectivity index (χ2v) is 10.5. The average Bonchev–Trinajstić information content (AvgIpc) is 3.25. The highest BCUT2D eigenvalue weighted by Crippen LogP contribution is 2.45. The molecule has 4 atom stereocenters. The highest BCUT2D eigenvalue weighted by Gasteiger charge is 2.49. The van der Waals surface area contributed by atoms with Crippen LogP contribution in [0.25, 0.3) is 10.9 Å². The number of amides is 1. The van der Waals surface area contributed by atoms with Crippen molar-refractivity contribution in [2.45, 2.75) is 37.9 Å². The van der Waals surface area contributed by atoms with E-state index in [-0.39, 0.29) is 35.5 Å². The number of carbonyl (C=O) groups excluding carboxylic acids is 1. The Morgan fingerprint density at radius 1 is 1.19 bits per heavy atom. The van der Waals surface area contributed by atoms with Crippen LogP contribution in [0, 0.1) is 23.6 Å². The van der Waals surface area contributed by atoms with E-state index in [0.717, 1.165) is 48.9 Å². The minimum absolute atomic E-state index is 0.0604. The smallest absolute Gasteiger partial charge is 0.229 e. The number of nitrogens with zero attached hydrogens (tertiary/aromatic N) is 4. The lowest BCUT2D eigenvalue weighted by Gasteiger charge is -2.28. The normalized spacial score (nSPS) is 24.6. The van der Waals surface area contributed by atoms with Crippen LogP contribution in [0.1, 0.15) is 19.3 Å². The van der Waals surface area contributed by atoms with Crippen LogP contribution in [-0.2, 0) is 11.3 Å². The van der Waals surface area contributed by atoms with Crippen molar-refractivity contribution in [3.63, 3.8) is 0 Å². The molecular formula is C27H32FN7O. The lowest BCUT2D eigenvalue weighted by atomic mass is 9.88. The number of carbonyl (C=O) groups is 1. The Kier molecular flexibility index (Phi) is 5.87. The number of fused-ring (bicyclic) bond motifs is 3. The molecule has 2 heterocycles. The lowest BCUT2D eigenvalue weighted by molar-refractivity contribution is -0.126. The number of likely N-dealkylation sites (N-methyl/N-ethyl adjacent to an activating group) is 1. The van der Waals surface area contributed by atoms with E-state index < -0.39 is 5.82 Å². The minimum atomic E-state index is -0.526. The fraction of sp³-hybridized carbons (Fsp3) is 0.444. The Balaban J connectivity index is 1.20. The molecule has 8 nitrogen and oxygen atoms in total. The van der Waals surface area contributed by atoms with E-state index in [4.69, 9.17) is 0 Å². The van der Waals surface area contributed by atoms with Gasteiger partial charge in [0.1, 0.15) is 0 Å². The van der Waals surface area contributed by atoms with Crippen molar-refractivity contribution in [1.29, 1.82) is 0 Å². The van der Waals surface area contributed by atoms with Gasteiger partial charge in [-0.15, -0.1) is 0 Å². The van der Waals surface area contributed by atoms with Crippen LogP contribution >= 0.6 is 0 Å². The molecule has 3 aliphatic rings. The fourth-order valence-electron chi connectivity index (χ4n) is 5.48. The monoisotopic (exact) mass is 489 g/mol. The van der Waals surface area contributed by atoms with Crippen LogP contribution in [0.4, 0.5) is 21.8 Å². The van der Waals surface area contributed by atoms with Crippen molar-refractivity contribution in [1.82, 2.24) is 24.8 Å². The Morgan fingerprint density at radius 3 is 2.83 bits per heavy atom. The molecule has 0 spiro atoms. The molecule has 2 fully saturated rings. The van der Waals surface area contributed by atoms with Gasteiger partial charge in [0.15, 0.2) is 11.6 Å². The molecule has 3 aromatic rings. The third-order valence-electron chi connectivity index (χ3n) is 7.55. The highest BCUT2D eigenvalue weighted by molar-refractivity contribution is 5.84. The van der Waals surface area contributed by atoms with E-state index >= 15 is 0 Å². The van der Waals surface area contributed by atoms with Crippen LogP contribution in [0.3, 0.4) is 0 Å². The number of benzene rings is 1. The number of rotatable bonds is 9. The number of hydrogen-bond donors (Lipinski definition) is 3. The SMILES string of the molecule is CN(C)CCn1ccc2ccc(Nc3ncc(F)c(NC4C5C=CC(C5)C4C(=O)NC4CC4)n3)cc21. The van der Waals surface area contributed by atoms with Crippen molar-refractivity contribution in [3.8, 4) is 0 Å². The predicted molar refractivity (Wildman–Crippen MR) is 139 cm³/mol. The van der Waals surface area contributed by atoms with E-state index in [1.54, 1.807) is 0 Å². The van der Waals surface area contributed by atoms with Crippen molar-refractivity contribution >= 4 is 34.3 Å². The predicted octanol–water partition coefficient (Wildman–Crippen LogP) is 3.76. The molecule has 2 saturated carbocycles. The van der Waals surface area contributed by atoms with Crippen LogP contribution in [0.5, 0.6) is 0 Å². The molecule has 1 aromatic carbocycles. The molecule has 0 radical (unpaired) electrons. The first-order valence-corrected chi connectivity index (χ1v) is 12.7. The Labute approximate surface area is 210 Å². The summed E-state index contributed by atoms with van der Waals surface area (Å²) in [6, 6.07) is 8.30. The summed E-state index contributed by atoms with van der Waals surface area (Å²) in [5, 5.41) is 10.8. The van der Waals surface area contributed by atoms with E-state index in [2.05, 4.69) is 86.0 Å². The molecule has 1 amide bonds. The zero-order valence-electron chi connectivity index (χ0n) is 20.6. The molecule has 0 aliphatic heterocycles. The molecule has 2 aromatic heterocycles. The largest absolute Gasteiger partial charge is 0.363 e. The standard InChI is InChI=1S/C27H32FN7O/c1-34(2)11-12-35-10-9-16-5-6-20(14-22(16)35)31-27-29-15-21(28)25(33-27)32-24-18-4-3-17(13-18)23(24)26(36)30-19-7-8-19/h3-6,9-10,14-15,17-19,23-24H,7-8,11-13H2,1-2H3,(H,30,36)(H2,29,31,32,33). The number of anilines is 3. The number of aromatic nitrogens is 3. The van der Waals surface area contributed by atoms with Crippen LogP contribution < -0.4 is 16.0 Å². The summed E-state index contributed by atoms with van der Waals surface area (Å²) < 4.78 is 17.0. The van der Waals surface area contributed by atoms with Crippen LogP contribution in [-0.4, -0.2) is 58.1 Å². The van der Waals surface area contributed by atoms with E-state index in [1.165, 1.54) is 6.20 Å². The molecule has 6 rings (SSSR count). The van der Waals surface area contributed by atoms with Gasteiger partial charge in [-0.1, -0.05) is 18.2 Å². The van der Waals surface area contributed by atoms with Gasteiger partial charge in [0, 0.05) is 37.1 Å². The second-order valence-electron chi connectivity index (χ2n) is 10.5. The van der Waals surface area contributed by atoms with Gasteiger partial charge in [-0.05, 0) is 68.8 Å². The molecule has 4 unspecified atom stereocenters. The summed E-state index contributed by atoms with van der Waals surface area (Å²) in [6.45, 7) is 1.82. The van der Waals surface area contributed by atoms with Crippen molar-refractivity contribution in [2.75, 3.05) is 31.3 Å². The first-order valence-electron chi connectivity index (χ1n) is 12.7. The topological polar surface area (TPSA) is 87.1 Å². The van der Waals surface area contributed by atoms with Gasteiger partial charge in [0.05, 0.1) is 17.6 Å². The maximum atomic E-state index is 14.8. The first-order chi connectivity index (χ1) is 17.4. The van der Waals surface area contributed by atoms with Crippen molar-refractivity contribution in [2.24, 2.45) is 17.8 Å². The van der Waals surface area contributed by atoms with Gasteiger partial charge in [0.2, 0.25) is 11.9 Å². The Hall–Kier alpha value is -3.46. The van der Waals surface area contributed by atoms with Gasteiger partial charge in [0.25, 0.3) is 0 Å². The summed E-state index contributed by atoms with van der Waals surface area (Å²) in [7, 11) is 4.12. The highest BCUT2D eigenvalue weighted by atomic mass is 19.1. The van der Waals surface area contributed by atoms with Gasteiger partial charge >= 0.3 is 0 Å². The fourth-order valence-corrected chi connectivity index (χ4v) is 5.48. The van der Waals surface area contributed by atoms with Crippen molar-refractivity contribution in [3.05, 3.63) is 54.6 Å². The third kappa shape index (κ3) is 4.55. The Bertz CT molecular complexity index is 1310. The average molecular weight is 490 g/mol. The quantitative estimate of drug-likeness (QED) is 0.397. The van der Waals surface area contributed by atoms with Crippen LogP contribution in [0.15, 0.2) is 48.8 Å². The Morgan fingerprint density at radius 2 is 2.03 bits per heavy atom. The molecule has 3 N–H and O–H groups in total. The van der Waals surface area contributed by atoms with Crippen molar-refractivity contribution < 1.29 is 9.18 Å². The van der Waals surface area contributed by atoms with Gasteiger partial charge < -0.3 is 25.4 Å². The summed E-state index contributed by atoms with van der Waals surface area (Å²) in [6.07, 6.45) is 10.5. The molecule has 188 valence electrons. The maximum absolute atomic E-state index is 14.8. The molecular weight excluding hydrogens is 457 g/mol. The number of hydrogen-bond acceptors (Lipinski definition) is 6. The van der Waals surface area contributed by atoms with Crippen LogP contribution in [0.2, 0.25) is 0 Å². The van der Waals surface area contributed by atoms with Gasteiger partial charge in [-0.2, -0.15) is 4.98 Å².